The molecule has 2 aromatic carbocycles. The number of nitrogens with zero attached hydrogens (tertiary/aromatic N) is 1. The molecule has 126 valence electrons. The van der Waals surface area contributed by atoms with Crippen LogP contribution in [0.4, 0.5) is 5.69 Å². The van der Waals surface area contributed by atoms with Crippen molar-refractivity contribution in [2.75, 3.05) is 5.32 Å². The molecule has 0 aliphatic heterocycles. The Hall–Kier alpha value is -2.63. The number of anilines is 1. The summed E-state index contributed by atoms with van der Waals surface area (Å²) in [6.07, 6.45) is 0. The van der Waals surface area contributed by atoms with Gasteiger partial charge < -0.3 is 10.3 Å². The molecule has 0 aliphatic carbocycles. The predicted molar refractivity (Wildman–Crippen MR) is 99.4 cm³/mol. The number of rotatable bonds is 3. The number of halogens is 2. The summed E-state index contributed by atoms with van der Waals surface area (Å²) in [5.74, 6) is 0.0530. The van der Waals surface area contributed by atoms with E-state index in [0.717, 1.165) is 0 Å². The van der Waals surface area contributed by atoms with Gasteiger partial charge in [-0.15, -0.1) is 0 Å². The lowest BCUT2D eigenvalue weighted by Crippen LogP contribution is -2.13. The van der Waals surface area contributed by atoms with Crippen molar-refractivity contribution in [3.63, 3.8) is 0 Å². The summed E-state index contributed by atoms with van der Waals surface area (Å²) in [7, 11) is 0. The lowest BCUT2D eigenvalue weighted by atomic mass is 10.1. The van der Waals surface area contributed by atoms with Gasteiger partial charge in [0.25, 0.3) is 11.5 Å². The van der Waals surface area contributed by atoms with E-state index in [1.165, 1.54) is 6.07 Å². The third-order valence-electron chi connectivity index (χ3n) is 3.46. The Morgan fingerprint density at radius 3 is 2.64 bits per heavy atom. The number of aromatic nitrogens is 2. The quantitative estimate of drug-likeness (QED) is 0.718. The van der Waals surface area contributed by atoms with Gasteiger partial charge in [-0.3, -0.25) is 9.59 Å². The Kier molecular flexibility index (Phi) is 4.88. The number of aromatic amines is 1. The summed E-state index contributed by atoms with van der Waals surface area (Å²) in [5, 5.41) is 3.27. The van der Waals surface area contributed by atoms with Gasteiger partial charge in [-0.2, -0.15) is 0 Å². The lowest BCUT2D eigenvalue weighted by molar-refractivity contribution is 0.102. The van der Waals surface area contributed by atoms with Gasteiger partial charge in [0.1, 0.15) is 5.82 Å². The summed E-state index contributed by atoms with van der Waals surface area (Å²) in [6, 6.07) is 13.3. The van der Waals surface area contributed by atoms with Crippen molar-refractivity contribution < 1.29 is 4.79 Å². The summed E-state index contributed by atoms with van der Waals surface area (Å²) >= 11 is 12.0. The SMILES string of the molecule is Cc1cc(=O)[nH]c(-c2cccc(NC(=O)c3cccc(Cl)c3Cl)c2)n1. The Bertz CT molecular complexity index is 1020. The first-order valence-electron chi connectivity index (χ1n) is 7.38. The minimum Gasteiger partial charge on any atom is -0.322 e. The topological polar surface area (TPSA) is 74.8 Å². The van der Waals surface area contributed by atoms with Crippen LogP contribution in [-0.4, -0.2) is 15.9 Å². The van der Waals surface area contributed by atoms with Gasteiger partial charge in [0, 0.05) is 23.0 Å². The summed E-state index contributed by atoms with van der Waals surface area (Å²) in [6.45, 7) is 1.74. The Morgan fingerprint density at radius 1 is 1.12 bits per heavy atom. The fourth-order valence-electron chi connectivity index (χ4n) is 2.34. The summed E-state index contributed by atoms with van der Waals surface area (Å²) in [4.78, 5) is 31.0. The van der Waals surface area contributed by atoms with Crippen molar-refractivity contribution in [3.8, 4) is 11.4 Å². The van der Waals surface area contributed by atoms with Crippen molar-refractivity contribution in [2.45, 2.75) is 6.92 Å². The molecule has 25 heavy (non-hydrogen) atoms. The van der Waals surface area contributed by atoms with Crippen LogP contribution in [-0.2, 0) is 0 Å². The predicted octanol–water partition coefficient (Wildman–Crippen LogP) is 4.30. The van der Waals surface area contributed by atoms with Crippen LogP contribution in [0.15, 0.2) is 53.3 Å². The number of hydrogen-bond acceptors (Lipinski definition) is 3. The van der Waals surface area contributed by atoms with E-state index in [-0.39, 0.29) is 22.1 Å². The van der Waals surface area contributed by atoms with E-state index in [2.05, 4.69) is 15.3 Å². The second-order valence-electron chi connectivity index (χ2n) is 5.37. The van der Waals surface area contributed by atoms with Crippen molar-refractivity contribution >= 4 is 34.8 Å². The molecule has 3 aromatic rings. The molecule has 0 spiro atoms. The molecule has 0 unspecified atom stereocenters. The second-order valence-corrected chi connectivity index (χ2v) is 6.16. The third kappa shape index (κ3) is 3.90. The van der Waals surface area contributed by atoms with Crippen molar-refractivity contribution in [1.29, 1.82) is 0 Å². The molecule has 0 aliphatic rings. The highest BCUT2D eigenvalue weighted by Gasteiger charge is 2.13. The van der Waals surface area contributed by atoms with Gasteiger partial charge in [0.05, 0.1) is 15.6 Å². The first-order chi connectivity index (χ1) is 11.9. The van der Waals surface area contributed by atoms with Crippen LogP contribution in [0, 0.1) is 6.92 Å². The third-order valence-corrected chi connectivity index (χ3v) is 4.28. The summed E-state index contributed by atoms with van der Waals surface area (Å²) in [5.41, 5.74) is 1.88. The maximum Gasteiger partial charge on any atom is 0.257 e. The molecule has 3 rings (SSSR count). The van der Waals surface area contributed by atoms with E-state index >= 15 is 0 Å². The van der Waals surface area contributed by atoms with E-state index in [0.29, 0.717) is 27.8 Å². The van der Waals surface area contributed by atoms with Crippen LogP contribution in [0.5, 0.6) is 0 Å². The highest BCUT2D eigenvalue weighted by Crippen LogP contribution is 2.26. The number of amides is 1. The van der Waals surface area contributed by atoms with E-state index in [1.807, 2.05) is 0 Å². The van der Waals surface area contributed by atoms with Crippen LogP contribution >= 0.6 is 23.2 Å². The molecule has 0 radical (unpaired) electrons. The van der Waals surface area contributed by atoms with E-state index in [1.54, 1.807) is 49.4 Å². The van der Waals surface area contributed by atoms with Crippen LogP contribution in [0.1, 0.15) is 16.1 Å². The monoisotopic (exact) mass is 373 g/mol. The lowest BCUT2D eigenvalue weighted by Gasteiger charge is -2.09. The molecular formula is C18H13Cl2N3O2. The molecule has 1 aromatic heterocycles. The fourth-order valence-corrected chi connectivity index (χ4v) is 2.72. The van der Waals surface area contributed by atoms with Gasteiger partial charge >= 0.3 is 0 Å². The van der Waals surface area contributed by atoms with Crippen LogP contribution in [0.25, 0.3) is 11.4 Å². The first kappa shape index (κ1) is 17.2. The van der Waals surface area contributed by atoms with Gasteiger partial charge in [-0.25, -0.2) is 4.98 Å². The minimum absolute atomic E-state index is 0.197. The molecule has 5 nitrogen and oxygen atoms in total. The van der Waals surface area contributed by atoms with E-state index < -0.39 is 0 Å². The second kappa shape index (κ2) is 7.09. The average molecular weight is 374 g/mol. The van der Waals surface area contributed by atoms with Gasteiger partial charge in [-0.05, 0) is 31.2 Å². The maximum absolute atomic E-state index is 12.4. The number of H-pyrrole nitrogens is 1. The van der Waals surface area contributed by atoms with Gasteiger partial charge in [0.2, 0.25) is 0 Å². The standard InChI is InChI=1S/C18H13Cl2N3O2/c1-10-8-15(24)23-17(21-10)11-4-2-5-12(9-11)22-18(25)13-6-3-7-14(19)16(13)20/h2-9H,1H3,(H,22,25)(H,21,23,24). The van der Waals surface area contributed by atoms with Crippen LogP contribution in [0.3, 0.4) is 0 Å². The number of carbonyl (C=O) groups excluding carboxylic acids is 1. The zero-order chi connectivity index (χ0) is 18.0. The summed E-state index contributed by atoms with van der Waals surface area (Å²) < 4.78 is 0. The molecule has 0 bridgehead atoms. The minimum atomic E-state index is -0.379. The van der Waals surface area contributed by atoms with E-state index in [9.17, 15) is 9.59 Å². The maximum atomic E-state index is 12.4. The van der Waals surface area contributed by atoms with Crippen LogP contribution < -0.4 is 10.9 Å². The Balaban J connectivity index is 1.90. The van der Waals surface area contributed by atoms with Crippen molar-refractivity contribution in [2.24, 2.45) is 0 Å². The van der Waals surface area contributed by atoms with Crippen molar-refractivity contribution in [1.82, 2.24) is 9.97 Å². The number of carbonyl (C=O) groups is 1. The van der Waals surface area contributed by atoms with Crippen molar-refractivity contribution in [3.05, 3.63) is 80.2 Å². The molecule has 1 heterocycles. The largest absolute Gasteiger partial charge is 0.322 e. The van der Waals surface area contributed by atoms with E-state index in [4.69, 9.17) is 23.2 Å². The number of aryl methyl sites for hydroxylation is 1. The molecule has 1 amide bonds. The normalized spacial score (nSPS) is 10.5. The molecular weight excluding hydrogens is 361 g/mol. The number of nitrogens with one attached hydrogen (secondary N) is 2. The number of hydrogen-bond donors (Lipinski definition) is 2. The average Bonchev–Trinajstić information content (AvgIpc) is 2.56. The zero-order valence-corrected chi connectivity index (χ0v) is 14.7. The highest BCUT2D eigenvalue weighted by atomic mass is 35.5. The number of benzene rings is 2. The first-order valence-corrected chi connectivity index (χ1v) is 8.13. The highest BCUT2D eigenvalue weighted by molar-refractivity contribution is 6.44. The Morgan fingerprint density at radius 2 is 1.88 bits per heavy atom. The van der Waals surface area contributed by atoms with Gasteiger partial charge in [0.15, 0.2) is 0 Å². The zero-order valence-electron chi connectivity index (χ0n) is 13.1. The molecule has 0 atom stereocenters. The molecule has 0 fully saturated rings. The Labute approximate surface area is 153 Å². The fraction of sp³-hybridized carbons (Fsp3) is 0.0556. The molecule has 0 saturated heterocycles. The van der Waals surface area contributed by atoms with Crippen LogP contribution in [0.2, 0.25) is 10.0 Å². The molecule has 2 N–H and O–H groups in total. The molecule has 7 heteroatoms. The smallest absolute Gasteiger partial charge is 0.257 e. The molecule has 0 saturated carbocycles. The van der Waals surface area contributed by atoms with Gasteiger partial charge in [-0.1, -0.05) is 41.4 Å².